The van der Waals surface area contributed by atoms with Crippen LogP contribution in [-0.2, 0) is 37.9 Å². The zero-order chi connectivity index (χ0) is 55.0. The summed E-state index contributed by atoms with van der Waals surface area (Å²) in [4.78, 5) is 8.30. The van der Waals surface area contributed by atoms with Crippen LogP contribution in [0.4, 0.5) is 45.5 Å². The third-order valence-electron chi connectivity index (χ3n) is 22.1. The molecular weight excluding hydrogens is 942 g/mol. The lowest BCUT2D eigenvalue weighted by atomic mass is 9.33. The molecule has 0 aromatic heterocycles. The summed E-state index contributed by atoms with van der Waals surface area (Å²) in [7, 11) is 0. The molecule has 3 aliphatic heterocycles. The van der Waals surface area contributed by atoms with Crippen LogP contribution in [-0.4, -0.2) is 12.3 Å². The van der Waals surface area contributed by atoms with Crippen LogP contribution in [0, 0.1) is 13.8 Å². The van der Waals surface area contributed by atoms with E-state index in [2.05, 4.69) is 248 Å². The van der Waals surface area contributed by atoms with Gasteiger partial charge in [0.2, 0.25) is 0 Å². The first kappa shape index (κ1) is 50.2. The molecule has 4 aliphatic carbocycles. The van der Waals surface area contributed by atoms with Crippen molar-refractivity contribution in [1.29, 1.82) is 0 Å². The summed E-state index contributed by atoms with van der Waals surface area (Å²) in [5.41, 5.74) is 32.0. The molecule has 3 nitrogen and oxygen atoms in total. The first-order valence-electron chi connectivity index (χ1n) is 30.0. The van der Waals surface area contributed by atoms with Gasteiger partial charge in [-0.2, -0.15) is 0 Å². The zero-order valence-electron chi connectivity index (χ0n) is 50.3. The van der Waals surface area contributed by atoms with E-state index in [-0.39, 0.29) is 50.2 Å². The molecule has 7 aromatic carbocycles. The Morgan fingerprint density at radius 1 is 0.436 bits per heavy atom. The van der Waals surface area contributed by atoms with E-state index >= 15 is 0 Å². The Balaban J connectivity index is 1.07. The molecule has 1 fully saturated rings. The maximum Gasteiger partial charge on any atom is 0.252 e. The number of anilines is 8. The van der Waals surface area contributed by atoms with Crippen molar-refractivity contribution >= 4 is 68.6 Å². The quantitative estimate of drug-likeness (QED) is 0.163. The van der Waals surface area contributed by atoms with Gasteiger partial charge in [0.1, 0.15) is 0 Å². The van der Waals surface area contributed by atoms with E-state index < -0.39 is 0 Å². The molecule has 7 aromatic rings. The highest BCUT2D eigenvalue weighted by Gasteiger charge is 2.58. The van der Waals surface area contributed by atoms with Gasteiger partial charge in [0, 0.05) is 56.3 Å². The average Bonchev–Trinajstić information content (AvgIpc) is 3.75. The molecule has 78 heavy (non-hydrogen) atoms. The lowest BCUT2D eigenvalue weighted by Crippen LogP contribution is -2.61. The highest BCUT2D eigenvalue weighted by Crippen LogP contribution is 2.63. The molecule has 4 heteroatoms. The Labute approximate surface area is 469 Å². The standard InChI is InChI=1S/C74H84BN3/c1-44-34-64-66-65(35-44)77(61-41-55-53(36-45(61)2)68(6,7)32-33-69(55,8)9)62-39-48(78-60-29-24-46(67(3,4)5)37-57(60)73(16)30-20-21-31-74(73,78)17)26-28-58(62)75(66)59-40-54-56(71(12,13)43-70(54,10)11)42-63(59)76(64)47-25-27-50-49-22-18-19-23-51(49)72(14,15)52(50)38-47/h18-19,22-29,34-42H,20-21,30-33,43H2,1-17H3. The van der Waals surface area contributed by atoms with E-state index in [4.69, 9.17) is 0 Å². The summed E-state index contributed by atoms with van der Waals surface area (Å²) < 4.78 is 0. The molecule has 0 spiro atoms. The number of fused-ring (bicyclic) bond motifs is 12. The summed E-state index contributed by atoms with van der Waals surface area (Å²) in [6.07, 6.45) is 8.38. The van der Waals surface area contributed by atoms with E-state index in [0.717, 1.165) is 6.42 Å². The molecule has 3 heterocycles. The number of hydrogen-bond acceptors (Lipinski definition) is 3. The molecule has 0 bridgehead atoms. The van der Waals surface area contributed by atoms with Crippen molar-refractivity contribution in [1.82, 2.24) is 0 Å². The van der Waals surface area contributed by atoms with Crippen molar-refractivity contribution in [2.24, 2.45) is 0 Å². The molecule has 2 unspecified atom stereocenters. The van der Waals surface area contributed by atoms with Crippen molar-refractivity contribution in [2.45, 2.75) is 206 Å². The van der Waals surface area contributed by atoms with Gasteiger partial charge in [-0.3, -0.25) is 0 Å². The van der Waals surface area contributed by atoms with E-state index in [1.807, 2.05) is 0 Å². The normalized spacial score (nSPS) is 23.6. The molecule has 0 amide bonds. The van der Waals surface area contributed by atoms with Crippen molar-refractivity contribution in [3.05, 3.63) is 171 Å². The maximum absolute atomic E-state index is 2.83. The molecule has 1 saturated carbocycles. The third-order valence-corrected chi connectivity index (χ3v) is 22.1. The van der Waals surface area contributed by atoms with Crippen LogP contribution in [0.15, 0.2) is 115 Å². The molecule has 398 valence electrons. The van der Waals surface area contributed by atoms with Gasteiger partial charge in [-0.05, 0) is 218 Å². The Kier molecular flexibility index (Phi) is 10.1. The van der Waals surface area contributed by atoms with E-state index in [1.54, 1.807) is 0 Å². The van der Waals surface area contributed by atoms with Crippen LogP contribution in [0.25, 0.3) is 11.1 Å². The smallest absolute Gasteiger partial charge is 0.252 e. The monoisotopic (exact) mass is 1030 g/mol. The minimum atomic E-state index is -0.129. The fourth-order valence-electron chi connectivity index (χ4n) is 17.6. The summed E-state index contributed by atoms with van der Waals surface area (Å²) in [6, 6.07) is 47.6. The highest BCUT2D eigenvalue weighted by atomic mass is 15.3. The second-order valence-electron chi connectivity index (χ2n) is 30.4. The van der Waals surface area contributed by atoms with Gasteiger partial charge in [0.05, 0.1) is 5.54 Å². The first-order valence-corrected chi connectivity index (χ1v) is 30.0. The van der Waals surface area contributed by atoms with Gasteiger partial charge >= 0.3 is 0 Å². The average molecular weight is 1030 g/mol. The lowest BCUT2D eigenvalue weighted by molar-refractivity contribution is 0.195. The van der Waals surface area contributed by atoms with Crippen LogP contribution in [0.3, 0.4) is 0 Å². The topological polar surface area (TPSA) is 9.72 Å². The van der Waals surface area contributed by atoms with Crippen LogP contribution in [0.2, 0.25) is 0 Å². The van der Waals surface area contributed by atoms with Crippen LogP contribution < -0.4 is 31.1 Å². The Bertz CT molecular complexity index is 3780. The van der Waals surface area contributed by atoms with Crippen LogP contribution in [0.1, 0.15) is 204 Å². The van der Waals surface area contributed by atoms with Crippen molar-refractivity contribution < 1.29 is 0 Å². The third kappa shape index (κ3) is 6.58. The lowest BCUT2D eigenvalue weighted by Gasteiger charge is -2.51. The van der Waals surface area contributed by atoms with E-state index in [1.165, 1.54) is 167 Å². The Morgan fingerprint density at radius 2 is 1.04 bits per heavy atom. The summed E-state index contributed by atoms with van der Waals surface area (Å²) in [5, 5.41) is 0. The van der Waals surface area contributed by atoms with E-state index in [9.17, 15) is 0 Å². The fourth-order valence-corrected chi connectivity index (χ4v) is 17.6. The highest BCUT2D eigenvalue weighted by molar-refractivity contribution is 7.00. The fraction of sp³-hybridized carbons (Fsp3) is 0.432. The first-order chi connectivity index (χ1) is 36.6. The number of benzene rings is 7. The van der Waals surface area contributed by atoms with Gasteiger partial charge in [-0.25, -0.2) is 0 Å². The van der Waals surface area contributed by atoms with Crippen molar-refractivity contribution in [2.75, 3.05) is 14.7 Å². The van der Waals surface area contributed by atoms with Gasteiger partial charge in [-0.1, -0.05) is 170 Å². The van der Waals surface area contributed by atoms with Gasteiger partial charge in [0.15, 0.2) is 0 Å². The summed E-state index contributed by atoms with van der Waals surface area (Å²) >= 11 is 0. The van der Waals surface area contributed by atoms with Gasteiger partial charge in [0.25, 0.3) is 6.71 Å². The second kappa shape index (κ2) is 15.7. The summed E-state index contributed by atoms with van der Waals surface area (Å²) in [6.45, 7) is 41.9. The zero-order valence-corrected chi connectivity index (χ0v) is 50.3. The molecule has 7 aliphatic rings. The molecule has 0 saturated heterocycles. The molecule has 2 atom stereocenters. The van der Waals surface area contributed by atoms with Crippen LogP contribution in [0.5, 0.6) is 0 Å². The maximum atomic E-state index is 2.83. The number of nitrogens with zero attached hydrogens (tertiary/aromatic N) is 3. The number of aryl methyl sites for hydroxylation is 2. The number of rotatable bonds is 3. The largest absolute Gasteiger partial charge is 0.334 e. The number of hydrogen-bond donors (Lipinski definition) is 0. The van der Waals surface area contributed by atoms with Crippen LogP contribution >= 0.6 is 0 Å². The van der Waals surface area contributed by atoms with Gasteiger partial charge < -0.3 is 14.7 Å². The molecule has 0 radical (unpaired) electrons. The predicted octanol–water partition coefficient (Wildman–Crippen LogP) is 18.0. The van der Waals surface area contributed by atoms with Crippen molar-refractivity contribution in [3.8, 4) is 11.1 Å². The molecule has 14 rings (SSSR count). The molecular formula is C74H84BN3. The van der Waals surface area contributed by atoms with Gasteiger partial charge in [-0.15, -0.1) is 0 Å². The predicted molar refractivity (Wildman–Crippen MR) is 335 cm³/mol. The molecule has 0 N–H and O–H groups in total. The Morgan fingerprint density at radius 3 is 1.76 bits per heavy atom. The van der Waals surface area contributed by atoms with Crippen molar-refractivity contribution in [3.63, 3.8) is 0 Å². The Hall–Kier alpha value is -6.00. The minimum absolute atomic E-state index is 0.0196. The summed E-state index contributed by atoms with van der Waals surface area (Å²) in [5.74, 6) is 0. The van der Waals surface area contributed by atoms with E-state index in [0.29, 0.717) is 0 Å². The second-order valence-corrected chi connectivity index (χ2v) is 30.4. The SMILES string of the molecule is Cc1cc2c3c(c1)N(c1cc4c(cc1C)C(C)(C)CCC4(C)C)c1cc(N4c5ccc(C(C)(C)C)cc5C5(C)CCCCC45C)ccc1B3c1cc3c(cc1N2c1ccc2c(c1)C(C)(C)c1ccccc1-2)C(C)(C)CC3(C)C. The minimum Gasteiger partial charge on any atom is -0.334 e.